The number of alkyl halides is 2. The first-order valence-corrected chi connectivity index (χ1v) is 9.22. The van der Waals surface area contributed by atoms with Gasteiger partial charge in [-0.25, -0.2) is 8.78 Å². The summed E-state index contributed by atoms with van der Waals surface area (Å²) in [6.07, 6.45) is 0.334. The Balaban J connectivity index is 1.80. The van der Waals surface area contributed by atoms with E-state index in [9.17, 15) is 18.4 Å². The van der Waals surface area contributed by atoms with Crippen LogP contribution in [0.1, 0.15) is 16.8 Å². The van der Waals surface area contributed by atoms with Gasteiger partial charge >= 0.3 is 0 Å². The normalized spacial score (nSPS) is 17.0. The minimum absolute atomic E-state index is 0.00648. The second-order valence-electron chi connectivity index (χ2n) is 6.19. The Morgan fingerprint density at radius 3 is 2.43 bits per heavy atom. The van der Waals surface area contributed by atoms with Crippen LogP contribution in [-0.4, -0.2) is 23.2 Å². The average Bonchev–Trinajstić information content (AvgIpc) is 3.28. The molecule has 10 heteroatoms. The number of hydrogen-bond acceptors (Lipinski definition) is 3. The van der Waals surface area contributed by atoms with E-state index in [0.29, 0.717) is 12.1 Å². The van der Waals surface area contributed by atoms with Gasteiger partial charge in [0.15, 0.2) is 5.82 Å². The molecule has 1 aliphatic carbocycles. The molecule has 2 amide bonds. The zero-order valence-corrected chi connectivity index (χ0v) is 16.6. The molecule has 0 aliphatic heterocycles. The molecule has 1 atom stereocenters. The monoisotopic (exact) mass is 447 g/mol. The van der Waals surface area contributed by atoms with Crippen LogP contribution in [0.3, 0.4) is 0 Å². The predicted molar refractivity (Wildman–Crippen MR) is 106 cm³/mol. The molecular formula is C18H14Cl3F2N3O2. The Bertz CT molecular complexity index is 969. The summed E-state index contributed by atoms with van der Waals surface area (Å²) in [4.78, 5) is 24.6. The molecular weight excluding hydrogens is 435 g/mol. The van der Waals surface area contributed by atoms with Crippen LogP contribution in [-0.2, 0) is 4.79 Å². The van der Waals surface area contributed by atoms with Crippen LogP contribution in [0, 0.1) is 17.6 Å². The molecule has 28 heavy (non-hydrogen) atoms. The Labute approximate surface area is 174 Å². The molecule has 0 aromatic heterocycles. The second-order valence-corrected chi connectivity index (χ2v) is 8.14. The number of carbonyl (C=O) groups is 2. The number of rotatable bonds is 5. The average molecular weight is 449 g/mol. The van der Waals surface area contributed by atoms with Crippen molar-refractivity contribution in [1.82, 2.24) is 0 Å². The molecule has 0 radical (unpaired) electrons. The van der Waals surface area contributed by atoms with Crippen LogP contribution in [0.5, 0.6) is 0 Å². The van der Waals surface area contributed by atoms with Gasteiger partial charge in [0.1, 0.15) is 15.8 Å². The Morgan fingerprint density at radius 2 is 1.82 bits per heavy atom. The molecule has 2 aromatic rings. The van der Waals surface area contributed by atoms with Crippen molar-refractivity contribution in [2.45, 2.75) is 10.8 Å². The molecule has 0 unspecified atom stereocenters. The van der Waals surface area contributed by atoms with Crippen LogP contribution >= 0.6 is 34.8 Å². The molecule has 3 rings (SSSR count). The number of anilines is 3. The lowest BCUT2D eigenvalue weighted by Crippen LogP contribution is -2.18. The number of amides is 2. The van der Waals surface area contributed by atoms with Crippen molar-refractivity contribution in [2.24, 2.45) is 5.92 Å². The van der Waals surface area contributed by atoms with E-state index in [1.807, 2.05) is 0 Å². The highest BCUT2D eigenvalue weighted by molar-refractivity contribution is 6.52. The van der Waals surface area contributed by atoms with E-state index in [1.165, 1.54) is 25.2 Å². The van der Waals surface area contributed by atoms with Crippen molar-refractivity contribution in [3.05, 3.63) is 52.6 Å². The van der Waals surface area contributed by atoms with Crippen LogP contribution < -0.4 is 16.0 Å². The van der Waals surface area contributed by atoms with Gasteiger partial charge in [0, 0.05) is 12.7 Å². The summed E-state index contributed by atoms with van der Waals surface area (Å²) in [7, 11) is 1.35. The van der Waals surface area contributed by atoms with Crippen molar-refractivity contribution in [2.75, 3.05) is 23.0 Å². The van der Waals surface area contributed by atoms with Gasteiger partial charge in [-0.1, -0.05) is 11.6 Å². The van der Waals surface area contributed by atoms with Gasteiger partial charge in [0.05, 0.1) is 22.2 Å². The van der Waals surface area contributed by atoms with Crippen LogP contribution in [0.15, 0.2) is 30.3 Å². The van der Waals surface area contributed by atoms with E-state index >= 15 is 0 Å². The predicted octanol–water partition coefficient (Wildman–Crippen LogP) is 5.04. The highest BCUT2D eigenvalue weighted by atomic mass is 35.5. The molecule has 0 bridgehead atoms. The van der Waals surface area contributed by atoms with Gasteiger partial charge in [0.2, 0.25) is 5.91 Å². The molecule has 1 saturated carbocycles. The van der Waals surface area contributed by atoms with E-state index in [4.69, 9.17) is 34.8 Å². The minimum atomic E-state index is -1.08. The maximum atomic E-state index is 14.3. The molecule has 0 heterocycles. The lowest BCUT2D eigenvalue weighted by molar-refractivity contribution is -0.117. The van der Waals surface area contributed by atoms with Gasteiger partial charge in [0.25, 0.3) is 5.91 Å². The van der Waals surface area contributed by atoms with Gasteiger partial charge in [-0.3, -0.25) is 9.59 Å². The van der Waals surface area contributed by atoms with Gasteiger partial charge < -0.3 is 16.0 Å². The molecule has 3 N–H and O–H groups in total. The Morgan fingerprint density at radius 1 is 1.14 bits per heavy atom. The highest BCUT2D eigenvalue weighted by Gasteiger charge is 2.56. The fourth-order valence-corrected chi connectivity index (χ4v) is 3.28. The number of benzene rings is 2. The first kappa shape index (κ1) is 20.6. The summed E-state index contributed by atoms with van der Waals surface area (Å²) < 4.78 is 26.8. The molecule has 5 nitrogen and oxygen atoms in total. The summed E-state index contributed by atoms with van der Waals surface area (Å²) in [5.41, 5.74) is -0.313. The number of carbonyl (C=O) groups excluding carboxylic acids is 2. The molecule has 0 saturated heterocycles. The minimum Gasteiger partial charge on any atom is -0.383 e. The Kier molecular flexibility index (Phi) is 5.70. The summed E-state index contributed by atoms with van der Waals surface area (Å²) in [5, 5.41) is 7.41. The van der Waals surface area contributed by atoms with Gasteiger partial charge in [-0.15, -0.1) is 23.2 Å². The lowest BCUT2D eigenvalue weighted by atomic mass is 10.1. The molecule has 2 aromatic carbocycles. The number of halogens is 5. The summed E-state index contributed by atoms with van der Waals surface area (Å²) >= 11 is 17.8. The van der Waals surface area contributed by atoms with Gasteiger partial charge in [-0.05, 0) is 36.8 Å². The van der Waals surface area contributed by atoms with Crippen molar-refractivity contribution in [3.63, 3.8) is 0 Å². The van der Waals surface area contributed by atoms with E-state index < -0.39 is 27.8 Å². The first-order valence-electron chi connectivity index (χ1n) is 8.09. The van der Waals surface area contributed by atoms with E-state index in [-0.39, 0.29) is 27.9 Å². The zero-order valence-electron chi connectivity index (χ0n) is 14.4. The third kappa shape index (κ3) is 4.16. The molecule has 1 aliphatic rings. The standard InChI is InChI=1S/C18H14Cl3F2N3O2/c1-24-15-12(22)4-5-13(14(15)23)26-16(27)9-6-8(2-3-11(9)19)25-17(28)10-7-18(10,20)21/h2-6,10,24H,7H2,1H3,(H,25,28)(H,26,27)/t10-/m1/s1. The Hall–Kier alpha value is -2.09. The first-order chi connectivity index (χ1) is 13.1. The zero-order chi connectivity index (χ0) is 20.6. The van der Waals surface area contributed by atoms with Crippen LogP contribution in [0.2, 0.25) is 5.02 Å². The van der Waals surface area contributed by atoms with Crippen molar-refractivity contribution in [3.8, 4) is 0 Å². The maximum Gasteiger partial charge on any atom is 0.257 e. The summed E-state index contributed by atoms with van der Waals surface area (Å²) in [5.74, 6) is -3.41. The third-order valence-corrected chi connectivity index (χ3v) is 5.38. The molecule has 1 fully saturated rings. The third-order valence-electron chi connectivity index (χ3n) is 4.21. The van der Waals surface area contributed by atoms with Crippen LogP contribution in [0.4, 0.5) is 25.8 Å². The second kappa shape index (κ2) is 7.73. The molecule has 148 valence electrons. The van der Waals surface area contributed by atoms with Crippen molar-refractivity contribution >= 4 is 63.7 Å². The highest BCUT2D eigenvalue weighted by Crippen LogP contribution is 2.53. The van der Waals surface area contributed by atoms with Crippen molar-refractivity contribution < 1.29 is 18.4 Å². The fraction of sp³-hybridized carbons (Fsp3) is 0.222. The SMILES string of the molecule is CNc1c(F)ccc(NC(=O)c2cc(NC(=O)[C@H]3CC3(Cl)Cl)ccc2Cl)c1F. The van der Waals surface area contributed by atoms with Crippen molar-refractivity contribution in [1.29, 1.82) is 0 Å². The van der Waals surface area contributed by atoms with E-state index in [0.717, 1.165) is 12.1 Å². The van der Waals surface area contributed by atoms with E-state index in [2.05, 4.69) is 16.0 Å². The topological polar surface area (TPSA) is 70.2 Å². The largest absolute Gasteiger partial charge is 0.383 e. The number of hydrogen-bond donors (Lipinski definition) is 3. The van der Waals surface area contributed by atoms with E-state index in [1.54, 1.807) is 0 Å². The molecule has 0 spiro atoms. The summed E-state index contributed by atoms with van der Waals surface area (Å²) in [6.45, 7) is 0. The number of nitrogens with one attached hydrogen (secondary N) is 3. The smallest absolute Gasteiger partial charge is 0.257 e. The quantitative estimate of drug-likeness (QED) is 0.561. The maximum absolute atomic E-state index is 14.3. The van der Waals surface area contributed by atoms with Crippen LogP contribution in [0.25, 0.3) is 0 Å². The summed E-state index contributed by atoms with van der Waals surface area (Å²) in [6, 6.07) is 6.36. The lowest BCUT2D eigenvalue weighted by Gasteiger charge is -2.12. The fourth-order valence-electron chi connectivity index (χ4n) is 2.57. The van der Waals surface area contributed by atoms with Gasteiger partial charge in [-0.2, -0.15) is 0 Å².